The van der Waals surface area contributed by atoms with Crippen LogP contribution < -0.4 is 5.56 Å². The first-order valence-corrected chi connectivity index (χ1v) is 7.22. The van der Waals surface area contributed by atoms with Crippen molar-refractivity contribution in [1.29, 1.82) is 0 Å². The van der Waals surface area contributed by atoms with E-state index in [4.69, 9.17) is 0 Å². The molecular weight excluding hydrogens is 282 g/mol. The van der Waals surface area contributed by atoms with Crippen LogP contribution in [0.15, 0.2) is 29.3 Å². The molecule has 0 atom stereocenters. The molecule has 0 bridgehead atoms. The quantitative estimate of drug-likeness (QED) is 0.922. The molecule has 1 N–H and O–H groups in total. The lowest BCUT2D eigenvalue weighted by Crippen LogP contribution is -2.44. The molecule has 118 valence electrons. The van der Waals surface area contributed by atoms with Crippen molar-refractivity contribution in [2.75, 3.05) is 13.1 Å². The number of carbonyl (C=O) groups is 1. The van der Waals surface area contributed by atoms with Crippen LogP contribution in [0.1, 0.15) is 36.7 Å². The van der Waals surface area contributed by atoms with Gasteiger partial charge in [-0.3, -0.25) is 14.0 Å². The molecule has 2 heterocycles. The second-order valence-electron chi connectivity index (χ2n) is 6.04. The Morgan fingerprint density at radius 3 is 2.68 bits per heavy atom. The van der Waals surface area contributed by atoms with Crippen molar-refractivity contribution in [2.24, 2.45) is 0 Å². The van der Waals surface area contributed by atoms with Gasteiger partial charge in [0.1, 0.15) is 11.2 Å². The number of aliphatic hydroxyl groups is 1. The van der Waals surface area contributed by atoms with Gasteiger partial charge in [0, 0.05) is 25.5 Å². The van der Waals surface area contributed by atoms with E-state index in [-0.39, 0.29) is 12.1 Å². The molecule has 2 rings (SSSR count). The zero-order valence-electron chi connectivity index (χ0n) is 13.3. The number of rotatable bonds is 4. The summed E-state index contributed by atoms with van der Waals surface area (Å²) in [5.41, 5.74) is -0.00691. The smallest absolute Gasteiger partial charge is 0.270 e. The van der Waals surface area contributed by atoms with E-state index < -0.39 is 17.1 Å². The lowest BCUT2D eigenvalue weighted by molar-refractivity contribution is 0.0313. The number of pyridine rings is 1. The molecule has 6 nitrogen and oxygen atoms in total. The monoisotopic (exact) mass is 303 g/mol. The highest BCUT2D eigenvalue weighted by atomic mass is 16.3. The third kappa shape index (κ3) is 3.33. The fourth-order valence-electron chi connectivity index (χ4n) is 2.29. The molecule has 0 aromatic carbocycles. The van der Waals surface area contributed by atoms with Gasteiger partial charge in [0.05, 0.1) is 5.60 Å². The molecule has 0 unspecified atom stereocenters. The van der Waals surface area contributed by atoms with Crippen LogP contribution in [-0.2, 0) is 0 Å². The molecule has 6 heteroatoms. The lowest BCUT2D eigenvalue weighted by Gasteiger charge is -2.27. The van der Waals surface area contributed by atoms with Crippen LogP contribution in [0.5, 0.6) is 0 Å². The maximum absolute atomic E-state index is 12.6. The number of aromatic nitrogens is 2. The molecule has 0 saturated carbocycles. The molecule has 0 aliphatic rings. The Kier molecular flexibility index (Phi) is 4.32. The molecule has 0 radical (unpaired) electrons. The van der Waals surface area contributed by atoms with Crippen LogP contribution >= 0.6 is 0 Å². The number of carbonyl (C=O) groups excluding carboxylic acids is 1. The second-order valence-corrected chi connectivity index (χ2v) is 6.04. The van der Waals surface area contributed by atoms with Crippen LogP contribution in [0, 0.1) is 6.92 Å². The highest BCUT2D eigenvalue weighted by Gasteiger charge is 2.24. The van der Waals surface area contributed by atoms with Crippen molar-refractivity contribution in [3.05, 3.63) is 46.0 Å². The average molecular weight is 303 g/mol. The summed E-state index contributed by atoms with van der Waals surface area (Å²) in [6, 6.07) is 3.59. The van der Waals surface area contributed by atoms with E-state index in [1.165, 1.54) is 15.5 Å². The molecule has 0 saturated heterocycles. The number of aryl methyl sites for hydroxylation is 1. The first-order valence-electron chi connectivity index (χ1n) is 7.22. The Morgan fingerprint density at radius 2 is 2.09 bits per heavy atom. The normalized spacial score (nSPS) is 11.7. The van der Waals surface area contributed by atoms with Gasteiger partial charge >= 0.3 is 0 Å². The molecule has 0 aliphatic heterocycles. The summed E-state index contributed by atoms with van der Waals surface area (Å²) in [6.07, 6.45) is 2.97. The topological polar surface area (TPSA) is 74.9 Å². The average Bonchev–Trinajstić information content (AvgIpc) is 2.44. The van der Waals surface area contributed by atoms with Gasteiger partial charge in [-0.15, -0.1) is 0 Å². The Balaban J connectivity index is 2.47. The summed E-state index contributed by atoms with van der Waals surface area (Å²) in [7, 11) is 0. The minimum absolute atomic E-state index is 0.00852. The second kappa shape index (κ2) is 5.88. The molecule has 2 aromatic heterocycles. The zero-order chi connectivity index (χ0) is 16.5. The summed E-state index contributed by atoms with van der Waals surface area (Å²) in [4.78, 5) is 30.7. The number of hydrogen-bond donors (Lipinski definition) is 1. The molecule has 2 aromatic rings. The van der Waals surface area contributed by atoms with Gasteiger partial charge < -0.3 is 10.0 Å². The number of fused-ring (bicyclic) bond motifs is 1. The molecule has 1 amide bonds. The van der Waals surface area contributed by atoms with E-state index in [0.717, 1.165) is 5.56 Å². The van der Waals surface area contributed by atoms with E-state index in [0.29, 0.717) is 12.2 Å². The Hall–Kier alpha value is -2.21. The first-order chi connectivity index (χ1) is 10.2. The van der Waals surface area contributed by atoms with Crippen molar-refractivity contribution < 1.29 is 9.90 Å². The van der Waals surface area contributed by atoms with Gasteiger partial charge in [-0.25, -0.2) is 4.98 Å². The molecule has 0 aliphatic carbocycles. The Morgan fingerprint density at radius 1 is 1.41 bits per heavy atom. The van der Waals surface area contributed by atoms with E-state index in [9.17, 15) is 14.7 Å². The minimum Gasteiger partial charge on any atom is -0.389 e. The fraction of sp³-hybridized carbons (Fsp3) is 0.438. The minimum atomic E-state index is -1.03. The summed E-state index contributed by atoms with van der Waals surface area (Å²) in [5, 5.41) is 9.90. The van der Waals surface area contributed by atoms with Crippen LogP contribution in [0.3, 0.4) is 0 Å². The summed E-state index contributed by atoms with van der Waals surface area (Å²) < 4.78 is 1.38. The molecular formula is C16H21N3O3. The van der Waals surface area contributed by atoms with Gasteiger partial charge in [0.25, 0.3) is 11.5 Å². The van der Waals surface area contributed by atoms with E-state index in [2.05, 4.69) is 4.98 Å². The van der Waals surface area contributed by atoms with Crippen molar-refractivity contribution in [3.63, 3.8) is 0 Å². The fourth-order valence-corrected chi connectivity index (χ4v) is 2.29. The van der Waals surface area contributed by atoms with Crippen molar-refractivity contribution >= 4 is 11.6 Å². The maximum Gasteiger partial charge on any atom is 0.270 e. The number of nitrogens with zero attached hydrogens (tertiary/aromatic N) is 3. The SMILES string of the molecule is CCN(CC(C)(C)O)C(=O)c1cnc2ccc(C)cn2c1=O. The van der Waals surface area contributed by atoms with E-state index in [1.807, 2.05) is 13.0 Å². The summed E-state index contributed by atoms with van der Waals surface area (Å²) in [5.74, 6) is -0.418. The molecule has 0 fully saturated rings. The van der Waals surface area contributed by atoms with Crippen molar-refractivity contribution in [2.45, 2.75) is 33.3 Å². The van der Waals surface area contributed by atoms with E-state index >= 15 is 0 Å². The van der Waals surface area contributed by atoms with Gasteiger partial charge in [-0.05, 0) is 39.3 Å². The van der Waals surface area contributed by atoms with Crippen LogP contribution in [0.2, 0.25) is 0 Å². The maximum atomic E-state index is 12.6. The Labute approximate surface area is 129 Å². The standard InChI is InChI=1S/C16H21N3O3/c1-5-18(10-16(3,4)22)14(20)12-8-17-13-7-6-11(2)9-19(13)15(12)21/h6-9,22H,5,10H2,1-4H3. The predicted octanol–water partition coefficient (Wildman–Crippen LogP) is 1.24. The highest BCUT2D eigenvalue weighted by molar-refractivity contribution is 5.93. The third-order valence-corrected chi connectivity index (χ3v) is 3.33. The van der Waals surface area contributed by atoms with Crippen LogP contribution in [-0.4, -0.2) is 44.0 Å². The number of hydrogen-bond acceptors (Lipinski definition) is 4. The first kappa shape index (κ1) is 16.2. The predicted molar refractivity (Wildman–Crippen MR) is 84.1 cm³/mol. The van der Waals surface area contributed by atoms with Crippen molar-refractivity contribution in [3.8, 4) is 0 Å². The number of likely N-dealkylation sites (N-methyl/N-ethyl adjacent to an activating group) is 1. The Bertz CT molecular complexity index is 759. The van der Waals surface area contributed by atoms with Crippen LogP contribution in [0.4, 0.5) is 0 Å². The van der Waals surface area contributed by atoms with Gasteiger partial charge in [-0.2, -0.15) is 0 Å². The summed E-state index contributed by atoms with van der Waals surface area (Å²) in [6.45, 7) is 7.47. The number of amides is 1. The zero-order valence-corrected chi connectivity index (χ0v) is 13.3. The van der Waals surface area contributed by atoms with E-state index in [1.54, 1.807) is 33.0 Å². The van der Waals surface area contributed by atoms with Crippen LogP contribution in [0.25, 0.3) is 5.65 Å². The third-order valence-electron chi connectivity index (χ3n) is 3.33. The highest BCUT2D eigenvalue weighted by Crippen LogP contribution is 2.09. The van der Waals surface area contributed by atoms with Gasteiger partial charge in [0.2, 0.25) is 0 Å². The largest absolute Gasteiger partial charge is 0.389 e. The van der Waals surface area contributed by atoms with Gasteiger partial charge in [0.15, 0.2) is 0 Å². The molecule has 0 spiro atoms. The van der Waals surface area contributed by atoms with Gasteiger partial charge in [-0.1, -0.05) is 6.07 Å². The lowest BCUT2D eigenvalue weighted by atomic mass is 10.1. The summed E-state index contributed by atoms with van der Waals surface area (Å²) >= 11 is 0. The molecule has 22 heavy (non-hydrogen) atoms. The van der Waals surface area contributed by atoms with Crippen molar-refractivity contribution in [1.82, 2.24) is 14.3 Å².